The molecule has 1 heterocycles. The largest absolute Gasteiger partial charge is 0.871 e. The third-order valence-corrected chi connectivity index (χ3v) is 4.76. The molecule has 0 unspecified atom stereocenters. The fraction of sp³-hybridized carbons (Fsp3) is 0.364. The van der Waals surface area contributed by atoms with Gasteiger partial charge in [0.2, 0.25) is 0 Å². The summed E-state index contributed by atoms with van der Waals surface area (Å²) in [6, 6.07) is 1.68. The third kappa shape index (κ3) is 3.81. The molecule has 1 atom stereocenters. The van der Waals surface area contributed by atoms with Gasteiger partial charge < -0.3 is 15.7 Å². The second-order valence-electron chi connectivity index (χ2n) is 4.64. The Morgan fingerprint density at radius 2 is 2.10 bits per heavy atom. The number of carbonyl (C=O) groups excluding carboxylic acids is 1. The van der Waals surface area contributed by atoms with E-state index in [1.54, 1.807) is 0 Å². The fourth-order valence-electron chi connectivity index (χ4n) is 1.98. The quantitative estimate of drug-likeness (QED) is 0.593. The van der Waals surface area contributed by atoms with E-state index >= 15 is 0 Å². The first-order valence-corrected chi connectivity index (χ1v) is 7.82. The van der Waals surface area contributed by atoms with Crippen molar-refractivity contribution in [3.05, 3.63) is 28.3 Å². The van der Waals surface area contributed by atoms with Gasteiger partial charge in [0.05, 0.1) is 16.4 Å². The molecular weight excluding hydrogens is 302 g/mol. The lowest BCUT2D eigenvalue weighted by Gasteiger charge is -2.16. The van der Waals surface area contributed by atoms with Crippen LogP contribution in [-0.2, 0) is 9.84 Å². The predicted octanol–water partition coefficient (Wildman–Crippen LogP) is -0.0230. The lowest BCUT2D eigenvalue weighted by Crippen LogP contribution is -2.38. The molecule has 0 bridgehead atoms. The smallest absolute Gasteiger partial charge is 0.319 e. The summed E-state index contributed by atoms with van der Waals surface area (Å²) in [5, 5.41) is 26.7. The zero-order valence-corrected chi connectivity index (χ0v) is 11.6. The minimum Gasteiger partial charge on any atom is -0.871 e. The number of urea groups is 1. The molecular formula is C11H12N3O6S-. The van der Waals surface area contributed by atoms with Gasteiger partial charge in [-0.05, 0) is 6.42 Å². The average Bonchev–Trinajstić information content (AvgIpc) is 2.71. The van der Waals surface area contributed by atoms with E-state index in [-0.39, 0.29) is 22.9 Å². The van der Waals surface area contributed by atoms with Crippen molar-refractivity contribution in [2.75, 3.05) is 16.8 Å². The zero-order valence-electron chi connectivity index (χ0n) is 10.7. The van der Waals surface area contributed by atoms with Gasteiger partial charge in [0.15, 0.2) is 9.84 Å². The van der Waals surface area contributed by atoms with Gasteiger partial charge in [-0.1, -0.05) is 11.8 Å². The van der Waals surface area contributed by atoms with Gasteiger partial charge >= 0.3 is 6.03 Å². The standard InChI is InChI=1S/C11H13N3O6S/c15-10-2-1-8(14(17)18)5-9(10)13-11(16)12-7-3-4-21(19,20)6-7/h1-2,5,7,15H,3-4,6H2,(H2,12,13,16)/p-1/t7-/m1/s1. The number of nitro groups is 1. The minimum atomic E-state index is -3.13. The number of amides is 2. The Morgan fingerprint density at radius 1 is 1.38 bits per heavy atom. The fourth-order valence-corrected chi connectivity index (χ4v) is 3.66. The first-order chi connectivity index (χ1) is 9.77. The Labute approximate surface area is 120 Å². The van der Waals surface area contributed by atoms with E-state index in [0.29, 0.717) is 6.42 Å². The van der Waals surface area contributed by atoms with Gasteiger partial charge in [-0.25, -0.2) is 13.2 Å². The van der Waals surface area contributed by atoms with Crippen LogP contribution in [0.15, 0.2) is 18.2 Å². The first-order valence-electron chi connectivity index (χ1n) is 6.00. The van der Waals surface area contributed by atoms with Crippen LogP contribution in [-0.4, -0.2) is 36.9 Å². The Kier molecular flexibility index (Phi) is 3.98. The molecule has 1 aromatic carbocycles. The summed E-state index contributed by atoms with van der Waals surface area (Å²) in [7, 11) is -3.13. The number of carbonyl (C=O) groups is 1. The van der Waals surface area contributed by atoms with Crippen molar-refractivity contribution in [3.63, 3.8) is 0 Å². The van der Waals surface area contributed by atoms with E-state index < -0.39 is 32.6 Å². The number of benzene rings is 1. The molecule has 1 fully saturated rings. The molecule has 9 nitrogen and oxygen atoms in total. The van der Waals surface area contributed by atoms with E-state index in [1.807, 2.05) is 0 Å². The van der Waals surface area contributed by atoms with Gasteiger partial charge in [0, 0.05) is 23.9 Å². The van der Waals surface area contributed by atoms with Crippen LogP contribution in [0.5, 0.6) is 5.75 Å². The van der Waals surface area contributed by atoms with Crippen LogP contribution < -0.4 is 15.7 Å². The minimum absolute atomic E-state index is 0.00155. The summed E-state index contributed by atoms with van der Waals surface area (Å²) in [5.41, 5.74) is -0.559. The number of nitrogens with one attached hydrogen (secondary N) is 2. The van der Waals surface area contributed by atoms with Crippen LogP contribution in [0.25, 0.3) is 0 Å². The summed E-state index contributed by atoms with van der Waals surface area (Å²) in [5.74, 6) is -0.726. The molecule has 0 saturated carbocycles. The summed E-state index contributed by atoms with van der Waals surface area (Å²) in [4.78, 5) is 21.6. The van der Waals surface area contributed by atoms with Gasteiger partial charge in [0.25, 0.3) is 5.69 Å². The first kappa shape index (κ1) is 15.0. The van der Waals surface area contributed by atoms with Crippen molar-refractivity contribution in [1.29, 1.82) is 0 Å². The lowest BCUT2D eigenvalue weighted by atomic mass is 10.2. The highest BCUT2D eigenvalue weighted by atomic mass is 32.2. The van der Waals surface area contributed by atoms with Crippen molar-refractivity contribution < 1.29 is 23.2 Å². The second-order valence-corrected chi connectivity index (χ2v) is 6.86. The highest BCUT2D eigenvalue weighted by molar-refractivity contribution is 7.91. The summed E-state index contributed by atoms with van der Waals surface area (Å²) < 4.78 is 22.5. The van der Waals surface area contributed by atoms with Crippen LogP contribution in [0.1, 0.15) is 6.42 Å². The maximum Gasteiger partial charge on any atom is 0.319 e. The molecule has 0 spiro atoms. The molecule has 1 aromatic rings. The van der Waals surface area contributed by atoms with Crippen molar-refractivity contribution in [2.24, 2.45) is 0 Å². The van der Waals surface area contributed by atoms with Gasteiger partial charge in [-0.2, -0.15) is 0 Å². The van der Waals surface area contributed by atoms with E-state index in [9.17, 15) is 28.4 Å². The van der Waals surface area contributed by atoms with Gasteiger partial charge in [-0.3, -0.25) is 10.1 Å². The van der Waals surface area contributed by atoms with Gasteiger partial charge in [0.1, 0.15) is 0 Å². The normalized spacial score (nSPS) is 19.9. The summed E-state index contributed by atoms with van der Waals surface area (Å²) >= 11 is 0. The van der Waals surface area contributed by atoms with Crippen molar-refractivity contribution >= 4 is 27.2 Å². The lowest BCUT2D eigenvalue weighted by molar-refractivity contribution is -0.385. The average molecular weight is 314 g/mol. The Hall–Kier alpha value is -2.36. The summed E-state index contributed by atoms with van der Waals surface area (Å²) in [6.07, 6.45) is 0.301. The van der Waals surface area contributed by atoms with E-state index in [4.69, 9.17) is 0 Å². The maximum absolute atomic E-state index is 11.7. The Morgan fingerprint density at radius 3 is 2.67 bits per heavy atom. The number of anilines is 1. The third-order valence-electron chi connectivity index (χ3n) is 2.99. The number of sulfone groups is 1. The van der Waals surface area contributed by atoms with E-state index in [1.165, 1.54) is 0 Å². The van der Waals surface area contributed by atoms with Crippen molar-refractivity contribution in [1.82, 2.24) is 5.32 Å². The monoisotopic (exact) mass is 314 g/mol. The molecule has 10 heteroatoms. The molecule has 0 aromatic heterocycles. The van der Waals surface area contributed by atoms with Crippen LogP contribution in [0, 0.1) is 10.1 Å². The number of rotatable bonds is 3. The molecule has 0 aliphatic carbocycles. The highest BCUT2D eigenvalue weighted by Crippen LogP contribution is 2.25. The number of nitrogens with zero attached hydrogens (tertiary/aromatic N) is 1. The molecule has 2 rings (SSSR count). The van der Waals surface area contributed by atoms with Crippen LogP contribution in [0.3, 0.4) is 0 Å². The number of hydrogen-bond donors (Lipinski definition) is 2. The summed E-state index contributed by atoms with van der Waals surface area (Å²) in [6.45, 7) is 0. The molecule has 114 valence electrons. The van der Waals surface area contributed by atoms with Crippen molar-refractivity contribution in [2.45, 2.75) is 12.5 Å². The van der Waals surface area contributed by atoms with Crippen LogP contribution >= 0.6 is 0 Å². The zero-order chi connectivity index (χ0) is 15.6. The predicted molar refractivity (Wildman–Crippen MR) is 71.8 cm³/mol. The van der Waals surface area contributed by atoms with Crippen LogP contribution in [0.4, 0.5) is 16.2 Å². The molecule has 1 aliphatic heterocycles. The molecule has 2 amide bonds. The molecule has 21 heavy (non-hydrogen) atoms. The molecule has 2 N–H and O–H groups in total. The van der Waals surface area contributed by atoms with Crippen LogP contribution in [0.2, 0.25) is 0 Å². The Balaban J connectivity index is 2.03. The van der Waals surface area contributed by atoms with Gasteiger partial charge in [-0.15, -0.1) is 0 Å². The molecule has 1 saturated heterocycles. The van der Waals surface area contributed by atoms with E-state index in [2.05, 4.69) is 10.6 Å². The molecule has 1 aliphatic rings. The number of hydrogen-bond acceptors (Lipinski definition) is 6. The Bertz CT molecular complexity index is 687. The number of non-ortho nitro benzene ring substituents is 1. The second kappa shape index (κ2) is 5.56. The highest BCUT2D eigenvalue weighted by Gasteiger charge is 2.28. The maximum atomic E-state index is 11.7. The number of nitro benzene ring substituents is 1. The van der Waals surface area contributed by atoms with E-state index in [0.717, 1.165) is 18.2 Å². The van der Waals surface area contributed by atoms with Crippen molar-refractivity contribution in [3.8, 4) is 5.75 Å². The SMILES string of the molecule is O=C(Nc1cc([N+](=O)[O-])ccc1[O-])N[C@@H]1CCS(=O)(=O)C1. The topological polar surface area (TPSA) is 141 Å². The molecule has 0 radical (unpaired) electrons.